The highest BCUT2D eigenvalue weighted by Crippen LogP contribution is 2.09. The van der Waals surface area contributed by atoms with Gasteiger partial charge < -0.3 is 15.5 Å². The van der Waals surface area contributed by atoms with Crippen molar-refractivity contribution in [2.45, 2.75) is 32.4 Å². The molecule has 1 heterocycles. The van der Waals surface area contributed by atoms with Crippen molar-refractivity contribution in [2.75, 3.05) is 38.2 Å². The Morgan fingerprint density at radius 3 is 2.94 bits per heavy atom. The molecule has 0 spiro atoms. The molecule has 100 valence electrons. The summed E-state index contributed by atoms with van der Waals surface area (Å²) in [4.78, 5) is 13.9. The van der Waals surface area contributed by atoms with Crippen LogP contribution in [0.4, 0.5) is 0 Å². The number of rotatable bonds is 6. The number of nitrogens with one attached hydrogen (secondary N) is 2. The quantitative estimate of drug-likeness (QED) is 0.731. The highest BCUT2D eigenvalue weighted by atomic mass is 32.2. The van der Waals surface area contributed by atoms with Gasteiger partial charge in [0.1, 0.15) is 0 Å². The van der Waals surface area contributed by atoms with Gasteiger partial charge in [-0.25, -0.2) is 0 Å². The van der Waals surface area contributed by atoms with Crippen molar-refractivity contribution in [1.82, 2.24) is 15.5 Å². The normalized spacial score (nSPS) is 20.9. The standard InChI is InChI=1S/C12H25N3OS/c1-10(2)15(3)6-4-14-12(16)8-11-9-17-7-5-13-11/h10-11,13H,4-9H2,1-3H3,(H,14,16). The number of carbonyl (C=O) groups is 1. The average molecular weight is 259 g/mol. The van der Waals surface area contributed by atoms with Crippen LogP contribution in [0.3, 0.4) is 0 Å². The van der Waals surface area contributed by atoms with Gasteiger partial charge in [-0.3, -0.25) is 4.79 Å². The van der Waals surface area contributed by atoms with Crippen molar-refractivity contribution in [2.24, 2.45) is 0 Å². The Balaban J connectivity index is 2.08. The molecule has 1 unspecified atom stereocenters. The molecule has 0 aromatic carbocycles. The minimum absolute atomic E-state index is 0.169. The van der Waals surface area contributed by atoms with Crippen LogP contribution in [0.15, 0.2) is 0 Å². The molecule has 2 N–H and O–H groups in total. The summed E-state index contributed by atoms with van der Waals surface area (Å²) >= 11 is 1.93. The Labute approximate surface area is 109 Å². The second-order valence-electron chi connectivity index (χ2n) is 4.85. The largest absolute Gasteiger partial charge is 0.355 e. The van der Waals surface area contributed by atoms with E-state index in [1.54, 1.807) is 0 Å². The molecule has 0 radical (unpaired) electrons. The van der Waals surface area contributed by atoms with Crippen molar-refractivity contribution in [1.29, 1.82) is 0 Å². The van der Waals surface area contributed by atoms with Gasteiger partial charge in [0.2, 0.25) is 5.91 Å². The van der Waals surface area contributed by atoms with E-state index in [9.17, 15) is 4.79 Å². The van der Waals surface area contributed by atoms with Gasteiger partial charge >= 0.3 is 0 Å². The van der Waals surface area contributed by atoms with E-state index < -0.39 is 0 Å². The smallest absolute Gasteiger partial charge is 0.221 e. The van der Waals surface area contributed by atoms with Crippen LogP contribution in [0.25, 0.3) is 0 Å². The van der Waals surface area contributed by atoms with Gasteiger partial charge in [-0.15, -0.1) is 0 Å². The van der Waals surface area contributed by atoms with Crippen LogP contribution in [0, 0.1) is 0 Å². The molecular weight excluding hydrogens is 234 g/mol. The summed E-state index contributed by atoms with van der Waals surface area (Å²) in [6.45, 7) is 7.00. The molecule has 1 saturated heterocycles. The summed E-state index contributed by atoms with van der Waals surface area (Å²) in [6.07, 6.45) is 0.610. The van der Waals surface area contributed by atoms with Crippen LogP contribution >= 0.6 is 11.8 Å². The van der Waals surface area contributed by atoms with Crippen LogP contribution in [-0.4, -0.2) is 61.1 Å². The van der Waals surface area contributed by atoms with E-state index in [0.717, 1.165) is 31.1 Å². The van der Waals surface area contributed by atoms with E-state index in [1.807, 2.05) is 11.8 Å². The maximum absolute atomic E-state index is 11.7. The Morgan fingerprint density at radius 1 is 1.59 bits per heavy atom. The third kappa shape index (κ3) is 6.29. The Hall–Kier alpha value is -0.260. The predicted octanol–water partition coefficient (Wildman–Crippen LogP) is 0.538. The maximum atomic E-state index is 11.7. The second-order valence-corrected chi connectivity index (χ2v) is 6.00. The molecule has 1 atom stereocenters. The molecule has 0 bridgehead atoms. The molecule has 0 saturated carbocycles. The Bertz CT molecular complexity index is 230. The fourth-order valence-corrected chi connectivity index (χ4v) is 2.63. The lowest BCUT2D eigenvalue weighted by Crippen LogP contribution is -2.42. The zero-order chi connectivity index (χ0) is 12.7. The maximum Gasteiger partial charge on any atom is 0.221 e. The molecule has 1 aliphatic rings. The van der Waals surface area contributed by atoms with E-state index in [0.29, 0.717) is 18.5 Å². The first-order valence-electron chi connectivity index (χ1n) is 6.37. The average Bonchev–Trinajstić information content (AvgIpc) is 2.30. The lowest BCUT2D eigenvalue weighted by Gasteiger charge is -2.23. The monoisotopic (exact) mass is 259 g/mol. The number of hydrogen-bond donors (Lipinski definition) is 2. The van der Waals surface area contributed by atoms with Crippen molar-refractivity contribution in [3.63, 3.8) is 0 Å². The number of amides is 1. The van der Waals surface area contributed by atoms with Crippen molar-refractivity contribution in [3.8, 4) is 0 Å². The van der Waals surface area contributed by atoms with Gasteiger partial charge in [0.15, 0.2) is 0 Å². The molecular formula is C12H25N3OS. The van der Waals surface area contributed by atoms with E-state index >= 15 is 0 Å². The van der Waals surface area contributed by atoms with E-state index in [-0.39, 0.29) is 5.91 Å². The Morgan fingerprint density at radius 2 is 2.35 bits per heavy atom. The third-order valence-corrected chi connectivity index (χ3v) is 4.23. The van der Waals surface area contributed by atoms with Crippen LogP contribution < -0.4 is 10.6 Å². The third-order valence-electron chi connectivity index (χ3n) is 3.10. The first-order valence-corrected chi connectivity index (χ1v) is 7.53. The zero-order valence-corrected chi connectivity index (χ0v) is 12.0. The minimum Gasteiger partial charge on any atom is -0.355 e. The molecule has 1 aliphatic heterocycles. The van der Waals surface area contributed by atoms with Gasteiger partial charge in [-0.1, -0.05) is 0 Å². The molecule has 1 fully saturated rings. The lowest BCUT2D eigenvalue weighted by molar-refractivity contribution is -0.121. The highest BCUT2D eigenvalue weighted by molar-refractivity contribution is 7.99. The summed E-state index contributed by atoms with van der Waals surface area (Å²) in [6, 6.07) is 0.889. The molecule has 5 heteroatoms. The number of hydrogen-bond acceptors (Lipinski definition) is 4. The minimum atomic E-state index is 0.169. The fraction of sp³-hybridized carbons (Fsp3) is 0.917. The molecule has 1 rings (SSSR count). The first-order chi connectivity index (χ1) is 8.09. The molecule has 17 heavy (non-hydrogen) atoms. The molecule has 1 amide bonds. The SMILES string of the molecule is CC(C)N(C)CCNC(=O)CC1CSCCN1. The van der Waals surface area contributed by atoms with E-state index in [4.69, 9.17) is 0 Å². The zero-order valence-electron chi connectivity index (χ0n) is 11.2. The summed E-state index contributed by atoms with van der Waals surface area (Å²) in [7, 11) is 2.08. The summed E-state index contributed by atoms with van der Waals surface area (Å²) in [5, 5.41) is 6.36. The van der Waals surface area contributed by atoms with Gasteiger partial charge in [-0.2, -0.15) is 11.8 Å². The highest BCUT2D eigenvalue weighted by Gasteiger charge is 2.16. The number of carbonyl (C=O) groups excluding carboxylic acids is 1. The van der Waals surface area contributed by atoms with Gasteiger partial charge in [0, 0.05) is 49.6 Å². The Kier molecular flexibility index (Phi) is 6.92. The van der Waals surface area contributed by atoms with Gasteiger partial charge in [0.25, 0.3) is 0 Å². The topological polar surface area (TPSA) is 44.4 Å². The molecule has 0 aromatic rings. The molecule has 4 nitrogen and oxygen atoms in total. The summed E-state index contributed by atoms with van der Waals surface area (Å²) in [5.74, 6) is 2.39. The summed E-state index contributed by atoms with van der Waals surface area (Å²) in [5.41, 5.74) is 0. The van der Waals surface area contributed by atoms with Crippen LogP contribution in [0.1, 0.15) is 20.3 Å². The van der Waals surface area contributed by atoms with Crippen molar-refractivity contribution < 1.29 is 4.79 Å². The summed E-state index contributed by atoms with van der Waals surface area (Å²) < 4.78 is 0. The predicted molar refractivity (Wildman–Crippen MR) is 74.5 cm³/mol. The second kappa shape index (κ2) is 7.95. The lowest BCUT2D eigenvalue weighted by atomic mass is 10.2. The number of nitrogens with zero attached hydrogens (tertiary/aromatic N) is 1. The van der Waals surface area contributed by atoms with Crippen LogP contribution in [0.2, 0.25) is 0 Å². The van der Waals surface area contributed by atoms with Gasteiger partial charge in [-0.05, 0) is 20.9 Å². The van der Waals surface area contributed by atoms with E-state index in [2.05, 4.69) is 36.4 Å². The first kappa shape index (κ1) is 14.8. The fourth-order valence-electron chi connectivity index (χ4n) is 1.68. The molecule has 0 aromatic heterocycles. The van der Waals surface area contributed by atoms with Crippen LogP contribution in [-0.2, 0) is 4.79 Å². The van der Waals surface area contributed by atoms with E-state index in [1.165, 1.54) is 0 Å². The van der Waals surface area contributed by atoms with Crippen molar-refractivity contribution >= 4 is 17.7 Å². The van der Waals surface area contributed by atoms with Crippen molar-refractivity contribution in [3.05, 3.63) is 0 Å². The number of likely N-dealkylation sites (N-methyl/N-ethyl adjacent to an activating group) is 1. The van der Waals surface area contributed by atoms with Gasteiger partial charge in [0.05, 0.1) is 0 Å². The molecule has 0 aliphatic carbocycles. The number of thioether (sulfide) groups is 1. The van der Waals surface area contributed by atoms with Crippen LogP contribution in [0.5, 0.6) is 0 Å².